The Labute approximate surface area is 163 Å². The van der Waals surface area contributed by atoms with Crippen LogP contribution in [0.15, 0.2) is 35.5 Å². The summed E-state index contributed by atoms with van der Waals surface area (Å²) < 4.78 is 6.86. The minimum Gasteiger partial charge on any atom is -0.378 e. The molecule has 0 amide bonds. The highest BCUT2D eigenvalue weighted by Crippen LogP contribution is 2.26. The van der Waals surface area contributed by atoms with Gasteiger partial charge in [0, 0.05) is 37.9 Å². The molecule has 3 aromatic rings. The smallest absolute Gasteiger partial charge is 0.264 e. The Balaban J connectivity index is 1.76. The molecular formula is C20H24N6O2. The molecule has 1 N–H and O–H groups in total. The van der Waals surface area contributed by atoms with E-state index in [1.54, 1.807) is 7.05 Å². The number of nitrogens with one attached hydrogen (secondary N) is 1. The van der Waals surface area contributed by atoms with Gasteiger partial charge in [-0.1, -0.05) is 0 Å². The van der Waals surface area contributed by atoms with Crippen LogP contribution in [0.4, 0.5) is 11.6 Å². The molecule has 0 atom stereocenters. The maximum Gasteiger partial charge on any atom is 0.264 e. The SMILES string of the molecule is CC(C)Nc1nc(-c2ccc(N3CCOCC3)nc2)cc2ncn(C)c(=O)c12. The van der Waals surface area contributed by atoms with E-state index in [1.807, 2.05) is 38.2 Å². The van der Waals surface area contributed by atoms with Gasteiger partial charge in [0.2, 0.25) is 0 Å². The topological polar surface area (TPSA) is 85.2 Å². The lowest BCUT2D eigenvalue weighted by Gasteiger charge is -2.27. The summed E-state index contributed by atoms with van der Waals surface area (Å²) in [6.07, 6.45) is 3.35. The minimum absolute atomic E-state index is 0.118. The number of aryl methyl sites for hydroxylation is 1. The van der Waals surface area contributed by atoms with E-state index in [-0.39, 0.29) is 11.6 Å². The van der Waals surface area contributed by atoms with E-state index in [9.17, 15) is 4.79 Å². The molecule has 0 saturated carbocycles. The van der Waals surface area contributed by atoms with Crippen LogP contribution in [0.1, 0.15) is 13.8 Å². The maximum atomic E-state index is 12.6. The van der Waals surface area contributed by atoms with Gasteiger partial charge in [-0.2, -0.15) is 0 Å². The van der Waals surface area contributed by atoms with Crippen molar-refractivity contribution < 1.29 is 4.74 Å². The summed E-state index contributed by atoms with van der Waals surface area (Å²) in [5.74, 6) is 1.48. The number of morpholine rings is 1. The van der Waals surface area contributed by atoms with Gasteiger partial charge < -0.3 is 19.5 Å². The first-order chi connectivity index (χ1) is 13.5. The second-order valence-electron chi connectivity index (χ2n) is 7.21. The molecule has 1 aliphatic rings. The zero-order valence-electron chi connectivity index (χ0n) is 16.3. The molecule has 3 aromatic heterocycles. The molecule has 8 nitrogen and oxygen atoms in total. The van der Waals surface area contributed by atoms with E-state index in [1.165, 1.54) is 10.9 Å². The van der Waals surface area contributed by atoms with Crippen LogP contribution in [0.25, 0.3) is 22.2 Å². The first kappa shape index (κ1) is 18.4. The Morgan fingerprint density at radius 2 is 1.96 bits per heavy atom. The van der Waals surface area contributed by atoms with Crippen LogP contribution in [0, 0.1) is 0 Å². The van der Waals surface area contributed by atoms with Crippen LogP contribution in [0.2, 0.25) is 0 Å². The zero-order valence-corrected chi connectivity index (χ0v) is 16.3. The van der Waals surface area contributed by atoms with Gasteiger partial charge in [-0.05, 0) is 32.0 Å². The van der Waals surface area contributed by atoms with E-state index < -0.39 is 0 Å². The standard InChI is InChI=1S/C20H24N6O2/c1-13(2)23-19-18-16(22-12-25(3)20(18)27)10-15(24-19)14-4-5-17(21-11-14)26-6-8-28-9-7-26/h4-5,10-13H,6-9H2,1-3H3,(H,23,24). The predicted octanol–water partition coefficient (Wildman–Crippen LogP) is 2.05. The third kappa shape index (κ3) is 3.55. The largest absolute Gasteiger partial charge is 0.378 e. The molecular weight excluding hydrogens is 356 g/mol. The van der Waals surface area contributed by atoms with Crippen molar-refractivity contribution in [1.82, 2.24) is 19.5 Å². The molecule has 1 aliphatic heterocycles. The van der Waals surface area contributed by atoms with Crippen LogP contribution in [-0.4, -0.2) is 51.9 Å². The number of hydrogen-bond donors (Lipinski definition) is 1. The Morgan fingerprint density at radius 1 is 1.18 bits per heavy atom. The highest BCUT2D eigenvalue weighted by molar-refractivity contribution is 5.91. The fourth-order valence-corrected chi connectivity index (χ4v) is 3.26. The van der Waals surface area contributed by atoms with Crippen molar-refractivity contribution in [1.29, 1.82) is 0 Å². The van der Waals surface area contributed by atoms with Crippen molar-refractivity contribution in [2.75, 3.05) is 36.5 Å². The van der Waals surface area contributed by atoms with Crippen LogP contribution in [-0.2, 0) is 11.8 Å². The highest BCUT2D eigenvalue weighted by Gasteiger charge is 2.15. The zero-order chi connectivity index (χ0) is 19.7. The van der Waals surface area contributed by atoms with Crippen molar-refractivity contribution >= 4 is 22.5 Å². The summed E-state index contributed by atoms with van der Waals surface area (Å²) >= 11 is 0. The van der Waals surface area contributed by atoms with Crippen LogP contribution >= 0.6 is 0 Å². The van der Waals surface area contributed by atoms with Crippen molar-refractivity contribution in [2.45, 2.75) is 19.9 Å². The van der Waals surface area contributed by atoms with Crippen molar-refractivity contribution in [2.24, 2.45) is 7.05 Å². The van der Waals surface area contributed by atoms with Gasteiger partial charge in [-0.3, -0.25) is 4.79 Å². The summed E-state index contributed by atoms with van der Waals surface area (Å²) in [6, 6.07) is 5.98. The van der Waals surface area contributed by atoms with Crippen molar-refractivity contribution in [3.63, 3.8) is 0 Å². The number of aromatic nitrogens is 4. The molecule has 0 aromatic carbocycles. The summed E-state index contributed by atoms with van der Waals surface area (Å²) in [7, 11) is 1.69. The van der Waals surface area contributed by atoms with Gasteiger partial charge in [0.05, 0.1) is 30.8 Å². The van der Waals surface area contributed by atoms with E-state index >= 15 is 0 Å². The molecule has 146 valence electrons. The summed E-state index contributed by atoms with van der Waals surface area (Å²) in [5.41, 5.74) is 2.12. The number of anilines is 2. The van der Waals surface area contributed by atoms with Gasteiger partial charge in [0.15, 0.2) is 0 Å². The quantitative estimate of drug-likeness (QED) is 0.741. The molecule has 0 radical (unpaired) electrons. The summed E-state index contributed by atoms with van der Waals surface area (Å²) in [5, 5.41) is 3.78. The van der Waals surface area contributed by atoms with E-state index in [0.717, 1.165) is 43.4 Å². The Hall–Kier alpha value is -3.00. The molecule has 28 heavy (non-hydrogen) atoms. The van der Waals surface area contributed by atoms with Crippen molar-refractivity contribution in [3.05, 3.63) is 41.1 Å². The molecule has 1 fully saturated rings. The third-order valence-electron chi connectivity index (χ3n) is 4.71. The first-order valence-electron chi connectivity index (χ1n) is 9.45. The van der Waals surface area contributed by atoms with Gasteiger partial charge in [0.25, 0.3) is 5.56 Å². The lowest BCUT2D eigenvalue weighted by Crippen LogP contribution is -2.36. The molecule has 0 spiro atoms. The molecule has 0 unspecified atom stereocenters. The van der Waals surface area contributed by atoms with Crippen LogP contribution in [0.5, 0.6) is 0 Å². The van der Waals surface area contributed by atoms with Gasteiger partial charge >= 0.3 is 0 Å². The molecule has 4 rings (SSSR count). The average molecular weight is 380 g/mol. The van der Waals surface area contributed by atoms with Gasteiger partial charge in [-0.25, -0.2) is 15.0 Å². The fourth-order valence-electron chi connectivity index (χ4n) is 3.26. The molecule has 0 aliphatic carbocycles. The third-order valence-corrected chi connectivity index (χ3v) is 4.71. The monoisotopic (exact) mass is 380 g/mol. The number of rotatable bonds is 4. The van der Waals surface area contributed by atoms with E-state index in [4.69, 9.17) is 9.72 Å². The Morgan fingerprint density at radius 3 is 2.64 bits per heavy atom. The molecule has 0 bridgehead atoms. The fraction of sp³-hybridized carbons (Fsp3) is 0.400. The lowest BCUT2D eigenvalue weighted by molar-refractivity contribution is 0.122. The number of nitrogens with zero attached hydrogens (tertiary/aromatic N) is 5. The Kier molecular flexibility index (Phi) is 4.95. The predicted molar refractivity (Wildman–Crippen MR) is 110 cm³/mol. The second kappa shape index (κ2) is 7.55. The average Bonchev–Trinajstić information content (AvgIpc) is 2.71. The maximum absolute atomic E-state index is 12.6. The second-order valence-corrected chi connectivity index (χ2v) is 7.21. The molecule has 1 saturated heterocycles. The number of hydrogen-bond acceptors (Lipinski definition) is 7. The van der Waals surface area contributed by atoms with Crippen LogP contribution < -0.4 is 15.8 Å². The number of fused-ring (bicyclic) bond motifs is 1. The lowest BCUT2D eigenvalue weighted by atomic mass is 10.1. The van der Waals surface area contributed by atoms with Crippen molar-refractivity contribution in [3.8, 4) is 11.3 Å². The molecule has 8 heteroatoms. The minimum atomic E-state index is -0.118. The van der Waals surface area contributed by atoms with E-state index in [2.05, 4.69) is 20.2 Å². The van der Waals surface area contributed by atoms with E-state index in [0.29, 0.717) is 16.7 Å². The van der Waals surface area contributed by atoms with Gasteiger partial charge in [0.1, 0.15) is 17.0 Å². The van der Waals surface area contributed by atoms with Crippen LogP contribution in [0.3, 0.4) is 0 Å². The van der Waals surface area contributed by atoms with Gasteiger partial charge in [-0.15, -0.1) is 0 Å². The Bertz CT molecular complexity index is 1040. The first-order valence-corrected chi connectivity index (χ1v) is 9.45. The number of ether oxygens (including phenoxy) is 1. The molecule has 4 heterocycles. The summed E-state index contributed by atoms with van der Waals surface area (Å²) in [6.45, 7) is 7.16. The number of pyridine rings is 2. The highest BCUT2D eigenvalue weighted by atomic mass is 16.5. The summed E-state index contributed by atoms with van der Waals surface area (Å²) in [4.78, 5) is 28.6. The normalized spacial score (nSPS) is 14.6.